The van der Waals surface area contributed by atoms with Gasteiger partial charge in [-0.05, 0) is 43.2 Å². The second-order valence-electron chi connectivity index (χ2n) is 4.33. The molecule has 0 atom stereocenters. The topological polar surface area (TPSA) is 26.3 Å². The molecule has 2 rings (SSSR count). The third-order valence-electron chi connectivity index (χ3n) is 2.81. The Morgan fingerprint density at radius 1 is 1.06 bits per heavy atom. The summed E-state index contributed by atoms with van der Waals surface area (Å²) < 4.78 is 5.82. The van der Waals surface area contributed by atoms with Crippen LogP contribution in [-0.4, -0.2) is 5.78 Å². The van der Waals surface area contributed by atoms with E-state index in [1.165, 1.54) is 0 Å². The number of ketones is 1. The first-order valence-electron chi connectivity index (χ1n) is 5.97. The van der Waals surface area contributed by atoms with Gasteiger partial charge in [-0.2, -0.15) is 0 Å². The molecule has 0 radical (unpaired) electrons. The Bertz CT molecular complexity index is 544. The fourth-order valence-electron chi connectivity index (χ4n) is 1.85. The maximum atomic E-state index is 11.2. The Morgan fingerprint density at radius 2 is 1.78 bits per heavy atom. The van der Waals surface area contributed by atoms with E-state index in [0.717, 1.165) is 22.6 Å². The Balaban J connectivity index is 2.26. The third kappa shape index (κ3) is 2.98. The van der Waals surface area contributed by atoms with Crippen LogP contribution in [0, 0.1) is 6.92 Å². The summed E-state index contributed by atoms with van der Waals surface area (Å²) in [6.07, 6.45) is 0.456. The molecule has 0 saturated heterocycles. The van der Waals surface area contributed by atoms with Crippen LogP contribution >= 0.6 is 0 Å². The summed E-state index contributed by atoms with van der Waals surface area (Å²) >= 11 is 0. The molecule has 0 heterocycles. The molecule has 0 aliphatic heterocycles. The van der Waals surface area contributed by atoms with Crippen molar-refractivity contribution in [1.29, 1.82) is 0 Å². The summed E-state index contributed by atoms with van der Waals surface area (Å²) in [4.78, 5) is 11.2. The molecule has 0 amide bonds. The van der Waals surface area contributed by atoms with Crippen LogP contribution < -0.4 is 4.74 Å². The number of carbonyl (C=O) groups is 1. The molecule has 18 heavy (non-hydrogen) atoms. The largest absolute Gasteiger partial charge is 0.457 e. The predicted molar refractivity (Wildman–Crippen MR) is 72.1 cm³/mol. The normalized spacial score (nSPS) is 10.1. The molecule has 0 aromatic heterocycles. The van der Waals surface area contributed by atoms with E-state index in [0.29, 0.717) is 6.42 Å². The summed E-state index contributed by atoms with van der Waals surface area (Å²) in [5, 5.41) is 0. The van der Waals surface area contributed by atoms with Crippen LogP contribution in [0.2, 0.25) is 0 Å². The molecule has 2 nitrogen and oxygen atoms in total. The molecule has 0 aliphatic rings. The van der Waals surface area contributed by atoms with Crippen molar-refractivity contribution in [2.45, 2.75) is 20.3 Å². The van der Waals surface area contributed by atoms with E-state index in [1.807, 2.05) is 55.5 Å². The molecule has 2 aromatic rings. The van der Waals surface area contributed by atoms with Gasteiger partial charge in [-0.25, -0.2) is 0 Å². The van der Waals surface area contributed by atoms with Crippen molar-refractivity contribution in [1.82, 2.24) is 0 Å². The van der Waals surface area contributed by atoms with Crippen molar-refractivity contribution in [2.24, 2.45) is 0 Å². The highest BCUT2D eigenvalue weighted by atomic mass is 16.5. The zero-order valence-corrected chi connectivity index (χ0v) is 10.6. The van der Waals surface area contributed by atoms with Gasteiger partial charge in [0, 0.05) is 6.42 Å². The summed E-state index contributed by atoms with van der Waals surface area (Å²) in [6, 6.07) is 15.5. The van der Waals surface area contributed by atoms with Crippen LogP contribution in [0.4, 0.5) is 0 Å². The van der Waals surface area contributed by atoms with Gasteiger partial charge in [-0.1, -0.05) is 30.3 Å². The van der Waals surface area contributed by atoms with Crippen molar-refractivity contribution in [3.8, 4) is 11.5 Å². The van der Waals surface area contributed by atoms with Crippen molar-refractivity contribution in [3.63, 3.8) is 0 Å². The lowest BCUT2D eigenvalue weighted by Crippen LogP contribution is -2.00. The minimum Gasteiger partial charge on any atom is -0.457 e. The summed E-state index contributed by atoms with van der Waals surface area (Å²) in [7, 11) is 0. The van der Waals surface area contributed by atoms with Crippen LogP contribution in [0.25, 0.3) is 0 Å². The number of para-hydroxylation sites is 1. The monoisotopic (exact) mass is 240 g/mol. The molecule has 2 heteroatoms. The number of hydrogen-bond acceptors (Lipinski definition) is 2. The first-order chi connectivity index (χ1) is 8.66. The number of carbonyl (C=O) groups excluding carboxylic acids is 1. The number of rotatable bonds is 4. The van der Waals surface area contributed by atoms with Gasteiger partial charge in [0.1, 0.15) is 17.3 Å². The van der Waals surface area contributed by atoms with Gasteiger partial charge < -0.3 is 4.74 Å². The lowest BCUT2D eigenvalue weighted by Gasteiger charge is -2.11. The number of hydrogen-bond donors (Lipinski definition) is 0. The quantitative estimate of drug-likeness (QED) is 0.809. The van der Waals surface area contributed by atoms with E-state index in [4.69, 9.17) is 4.74 Å². The minimum absolute atomic E-state index is 0.162. The Labute approximate surface area is 107 Å². The van der Waals surface area contributed by atoms with Crippen LogP contribution in [-0.2, 0) is 11.2 Å². The maximum absolute atomic E-state index is 11.2. The van der Waals surface area contributed by atoms with E-state index in [1.54, 1.807) is 6.92 Å². The summed E-state index contributed by atoms with van der Waals surface area (Å²) in [5.74, 6) is 1.77. The van der Waals surface area contributed by atoms with E-state index < -0.39 is 0 Å². The van der Waals surface area contributed by atoms with Gasteiger partial charge in [-0.15, -0.1) is 0 Å². The standard InChI is InChI=1S/C16H16O2/c1-12(17)11-14-7-6-10-16(13(14)2)18-15-8-4-3-5-9-15/h3-10H,11H2,1-2H3. The fourth-order valence-corrected chi connectivity index (χ4v) is 1.85. The van der Waals surface area contributed by atoms with Crippen molar-refractivity contribution < 1.29 is 9.53 Å². The molecule has 2 aromatic carbocycles. The van der Waals surface area contributed by atoms with E-state index in [-0.39, 0.29) is 5.78 Å². The second-order valence-corrected chi connectivity index (χ2v) is 4.33. The van der Waals surface area contributed by atoms with Crippen LogP contribution in [0.15, 0.2) is 48.5 Å². The fraction of sp³-hybridized carbons (Fsp3) is 0.188. The molecule has 0 N–H and O–H groups in total. The highest BCUT2D eigenvalue weighted by Gasteiger charge is 2.07. The average molecular weight is 240 g/mol. The molecule has 0 saturated carbocycles. The molecule has 0 aliphatic carbocycles. The lowest BCUT2D eigenvalue weighted by atomic mass is 10.0. The smallest absolute Gasteiger partial charge is 0.134 e. The molecule has 92 valence electrons. The maximum Gasteiger partial charge on any atom is 0.134 e. The van der Waals surface area contributed by atoms with Gasteiger partial charge in [0.2, 0.25) is 0 Å². The second kappa shape index (κ2) is 5.50. The first kappa shape index (κ1) is 12.4. The Hall–Kier alpha value is -2.09. The zero-order valence-electron chi connectivity index (χ0n) is 10.6. The van der Waals surface area contributed by atoms with E-state index in [2.05, 4.69) is 0 Å². The lowest BCUT2D eigenvalue weighted by molar-refractivity contribution is -0.116. The molecule has 0 spiro atoms. The first-order valence-corrected chi connectivity index (χ1v) is 5.97. The number of benzene rings is 2. The van der Waals surface area contributed by atoms with Gasteiger partial charge >= 0.3 is 0 Å². The molecule has 0 unspecified atom stereocenters. The average Bonchev–Trinajstić information content (AvgIpc) is 2.35. The number of ether oxygens (including phenoxy) is 1. The predicted octanol–water partition coefficient (Wildman–Crippen LogP) is 3.92. The van der Waals surface area contributed by atoms with Crippen LogP contribution in [0.1, 0.15) is 18.1 Å². The molecule has 0 fully saturated rings. The van der Waals surface area contributed by atoms with Gasteiger partial charge in [-0.3, -0.25) is 4.79 Å². The van der Waals surface area contributed by atoms with Crippen molar-refractivity contribution in [2.75, 3.05) is 0 Å². The highest BCUT2D eigenvalue weighted by Crippen LogP contribution is 2.27. The van der Waals surface area contributed by atoms with Crippen LogP contribution in [0.3, 0.4) is 0 Å². The zero-order chi connectivity index (χ0) is 13.0. The Kier molecular flexibility index (Phi) is 3.78. The Morgan fingerprint density at radius 3 is 2.44 bits per heavy atom. The number of Topliss-reactive ketones (excluding diaryl/α,β-unsaturated/α-hetero) is 1. The van der Waals surface area contributed by atoms with Gasteiger partial charge in [0.05, 0.1) is 0 Å². The molecule has 0 bridgehead atoms. The molecular formula is C16H16O2. The van der Waals surface area contributed by atoms with Gasteiger partial charge in [0.25, 0.3) is 0 Å². The van der Waals surface area contributed by atoms with Crippen molar-refractivity contribution >= 4 is 5.78 Å². The van der Waals surface area contributed by atoms with Gasteiger partial charge in [0.15, 0.2) is 0 Å². The SMILES string of the molecule is CC(=O)Cc1cccc(Oc2ccccc2)c1C. The summed E-state index contributed by atoms with van der Waals surface area (Å²) in [6.45, 7) is 3.58. The van der Waals surface area contributed by atoms with E-state index >= 15 is 0 Å². The third-order valence-corrected chi connectivity index (χ3v) is 2.81. The van der Waals surface area contributed by atoms with Crippen LogP contribution in [0.5, 0.6) is 11.5 Å². The highest BCUT2D eigenvalue weighted by molar-refractivity contribution is 5.78. The minimum atomic E-state index is 0.162. The van der Waals surface area contributed by atoms with Crippen molar-refractivity contribution in [3.05, 3.63) is 59.7 Å². The van der Waals surface area contributed by atoms with E-state index in [9.17, 15) is 4.79 Å². The summed E-state index contributed by atoms with van der Waals surface area (Å²) in [5.41, 5.74) is 2.05. The molecular weight excluding hydrogens is 224 g/mol.